The molecule has 0 aromatic rings. The van der Waals surface area contributed by atoms with Crippen molar-refractivity contribution in [2.24, 2.45) is 11.7 Å². The molecule has 1 atom stereocenters. The fourth-order valence-corrected chi connectivity index (χ4v) is 1.47. The van der Waals surface area contributed by atoms with Crippen LogP contribution in [0.5, 0.6) is 0 Å². The summed E-state index contributed by atoms with van der Waals surface area (Å²) < 4.78 is 0. The lowest BCUT2D eigenvalue weighted by Gasteiger charge is -2.33. The highest BCUT2D eigenvalue weighted by Gasteiger charge is 2.25. The lowest BCUT2D eigenvalue weighted by molar-refractivity contribution is 0.237. The van der Waals surface area contributed by atoms with Gasteiger partial charge in [0.15, 0.2) is 0 Å². The van der Waals surface area contributed by atoms with Gasteiger partial charge in [0.2, 0.25) is 0 Å². The van der Waals surface area contributed by atoms with Gasteiger partial charge in [-0.1, -0.05) is 12.3 Å². The second kappa shape index (κ2) is 4.38. The van der Waals surface area contributed by atoms with Crippen LogP contribution in [0.3, 0.4) is 0 Å². The summed E-state index contributed by atoms with van der Waals surface area (Å²) in [5.41, 5.74) is 5.59. The van der Waals surface area contributed by atoms with Gasteiger partial charge in [0.25, 0.3) is 0 Å². The molecule has 2 heteroatoms. The Morgan fingerprint density at radius 1 is 1.64 bits per heavy atom. The molecule has 11 heavy (non-hydrogen) atoms. The van der Waals surface area contributed by atoms with Crippen LogP contribution in [0, 0.1) is 18.3 Å². The zero-order valence-corrected chi connectivity index (χ0v) is 6.84. The molecule has 0 aromatic carbocycles. The van der Waals surface area contributed by atoms with Gasteiger partial charge in [-0.15, -0.1) is 6.42 Å². The van der Waals surface area contributed by atoms with Crippen molar-refractivity contribution in [3.63, 3.8) is 0 Å². The molecule has 2 nitrogen and oxygen atoms in total. The maximum absolute atomic E-state index is 5.59. The van der Waals surface area contributed by atoms with Gasteiger partial charge in [0, 0.05) is 12.6 Å². The second-order valence-corrected chi connectivity index (χ2v) is 3.12. The minimum Gasteiger partial charge on any atom is -0.329 e. The van der Waals surface area contributed by atoms with E-state index in [1.807, 2.05) is 0 Å². The van der Waals surface area contributed by atoms with Crippen molar-refractivity contribution in [2.75, 3.05) is 13.1 Å². The summed E-state index contributed by atoms with van der Waals surface area (Å²) in [6, 6.07) is 0.458. The van der Waals surface area contributed by atoms with Gasteiger partial charge in [-0.25, -0.2) is 0 Å². The third kappa shape index (κ3) is 2.21. The zero-order chi connectivity index (χ0) is 8.10. The lowest BCUT2D eigenvalue weighted by Crippen LogP contribution is -2.44. The zero-order valence-electron chi connectivity index (χ0n) is 6.84. The summed E-state index contributed by atoms with van der Waals surface area (Å²) in [6.45, 7) is 1.37. The molecule has 62 valence electrons. The van der Waals surface area contributed by atoms with E-state index in [4.69, 9.17) is 12.2 Å². The molecule has 1 fully saturated rings. The van der Waals surface area contributed by atoms with Crippen molar-refractivity contribution in [3.05, 3.63) is 0 Å². The molecule has 3 N–H and O–H groups in total. The lowest BCUT2D eigenvalue weighted by atomic mass is 9.80. The summed E-state index contributed by atoms with van der Waals surface area (Å²) in [5, 5.41) is 3.26. The first kappa shape index (κ1) is 8.58. The van der Waals surface area contributed by atoms with Crippen LogP contribution in [-0.4, -0.2) is 19.1 Å². The van der Waals surface area contributed by atoms with Gasteiger partial charge < -0.3 is 11.1 Å². The Labute approximate surface area is 68.5 Å². The quantitative estimate of drug-likeness (QED) is 0.570. The van der Waals surface area contributed by atoms with Crippen molar-refractivity contribution in [2.45, 2.75) is 25.3 Å². The summed E-state index contributed by atoms with van der Waals surface area (Å²) in [5.74, 6) is 3.35. The molecular formula is C9H16N2. The van der Waals surface area contributed by atoms with E-state index in [0.29, 0.717) is 19.1 Å². The standard InChI is InChI=1S/C9H16N2/c1-2-6-11-9(7-10)8-4-3-5-8/h1,8-9,11H,3-7,10H2. The van der Waals surface area contributed by atoms with E-state index in [9.17, 15) is 0 Å². The number of hydrogen-bond donors (Lipinski definition) is 2. The monoisotopic (exact) mass is 152 g/mol. The normalized spacial score (nSPS) is 20.4. The average molecular weight is 152 g/mol. The first-order valence-corrected chi connectivity index (χ1v) is 4.25. The molecular weight excluding hydrogens is 136 g/mol. The van der Waals surface area contributed by atoms with Crippen LogP contribution in [0.1, 0.15) is 19.3 Å². The Morgan fingerprint density at radius 2 is 2.36 bits per heavy atom. The van der Waals surface area contributed by atoms with Crippen LogP contribution in [0.25, 0.3) is 0 Å². The van der Waals surface area contributed by atoms with Crippen molar-refractivity contribution in [1.29, 1.82) is 0 Å². The number of nitrogens with one attached hydrogen (secondary N) is 1. The average Bonchev–Trinajstić information content (AvgIpc) is 1.93. The number of terminal acetylenes is 1. The van der Waals surface area contributed by atoms with Crippen LogP contribution in [0.15, 0.2) is 0 Å². The van der Waals surface area contributed by atoms with Crippen LogP contribution < -0.4 is 11.1 Å². The van der Waals surface area contributed by atoms with Crippen molar-refractivity contribution in [1.82, 2.24) is 5.32 Å². The smallest absolute Gasteiger partial charge is 0.0576 e. The molecule has 0 spiro atoms. The minimum absolute atomic E-state index is 0.458. The molecule has 0 amide bonds. The minimum atomic E-state index is 0.458. The largest absolute Gasteiger partial charge is 0.329 e. The molecule has 0 radical (unpaired) electrons. The molecule has 1 aliphatic rings. The Hall–Kier alpha value is -0.520. The molecule has 1 rings (SSSR count). The van der Waals surface area contributed by atoms with E-state index in [1.165, 1.54) is 19.3 Å². The number of rotatable bonds is 4. The first-order valence-electron chi connectivity index (χ1n) is 4.25. The van der Waals surface area contributed by atoms with E-state index in [0.717, 1.165) is 5.92 Å². The summed E-state index contributed by atoms with van der Waals surface area (Å²) >= 11 is 0. The van der Waals surface area contributed by atoms with Crippen molar-refractivity contribution in [3.8, 4) is 12.3 Å². The van der Waals surface area contributed by atoms with Gasteiger partial charge in [0.05, 0.1) is 6.54 Å². The first-order chi connectivity index (χ1) is 5.38. The van der Waals surface area contributed by atoms with Crippen LogP contribution in [0.2, 0.25) is 0 Å². The summed E-state index contributed by atoms with van der Waals surface area (Å²) in [4.78, 5) is 0. The highest BCUT2D eigenvalue weighted by molar-refractivity contribution is 4.91. The van der Waals surface area contributed by atoms with Gasteiger partial charge >= 0.3 is 0 Å². The van der Waals surface area contributed by atoms with Crippen LogP contribution in [-0.2, 0) is 0 Å². The molecule has 0 aliphatic heterocycles. The molecule has 1 aliphatic carbocycles. The Bertz CT molecular complexity index is 144. The Balaban J connectivity index is 2.19. The van der Waals surface area contributed by atoms with Crippen molar-refractivity contribution < 1.29 is 0 Å². The number of nitrogens with two attached hydrogens (primary N) is 1. The fraction of sp³-hybridized carbons (Fsp3) is 0.778. The Kier molecular flexibility index (Phi) is 3.41. The summed E-state index contributed by atoms with van der Waals surface area (Å²) in [7, 11) is 0. The molecule has 1 unspecified atom stereocenters. The van der Waals surface area contributed by atoms with Gasteiger partial charge in [0.1, 0.15) is 0 Å². The number of hydrogen-bond acceptors (Lipinski definition) is 2. The molecule has 0 bridgehead atoms. The van der Waals surface area contributed by atoms with E-state index < -0.39 is 0 Å². The van der Waals surface area contributed by atoms with E-state index in [1.54, 1.807) is 0 Å². The predicted molar refractivity (Wildman–Crippen MR) is 47.0 cm³/mol. The molecule has 0 heterocycles. The van der Waals surface area contributed by atoms with Crippen LogP contribution in [0.4, 0.5) is 0 Å². The SMILES string of the molecule is C#CCNC(CN)C1CCC1. The highest BCUT2D eigenvalue weighted by Crippen LogP contribution is 2.28. The third-order valence-electron chi connectivity index (χ3n) is 2.44. The van der Waals surface area contributed by atoms with E-state index >= 15 is 0 Å². The fourth-order valence-electron chi connectivity index (χ4n) is 1.47. The van der Waals surface area contributed by atoms with Crippen molar-refractivity contribution >= 4 is 0 Å². The topological polar surface area (TPSA) is 38.0 Å². The maximum atomic E-state index is 5.59. The highest BCUT2D eigenvalue weighted by atomic mass is 14.9. The maximum Gasteiger partial charge on any atom is 0.0576 e. The molecule has 0 saturated heterocycles. The van der Waals surface area contributed by atoms with Gasteiger partial charge in [-0.2, -0.15) is 0 Å². The van der Waals surface area contributed by atoms with Crippen LogP contribution >= 0.6 is 0 Å². The molecule has 0 aromatic heterocycles. The second-order valence-electron chi connectivity index (χ2n) is 3.12. The van der Waals surface area contributed by atoms with E-state index in [-0.39, 0.29) is 0 Å². The summed E-state index contributed by atoms with van der Waals surface area (Å²) in [6.07, 6.45) is 9.14. The predicted octanol–water partition coefficient (Wildman–Crippen LogP) is 0.337. The van der Waals surface area contributed by atoms with Gasteiger partial charge in [-0.3, -0.25) is 0 Å². The Morgan fingerprint density at radius 3 is 2.73 bits per heavy atom. The van der Waals surface area contributed by atoms with E-state index in [2.05, 4.69) is 11.2 Å². The molecule has 1 saturated carbocycles. The third-order valence-corrected chi connectivity index (χ3v) is 2.44. The van der Waals surface area contributed by atoms with Gasteiger partial charge in [-0.05, 0) is 18.8 Å².